The summed E-state index contributed by atoms with van der Waals surface area (Å²) in [4.78, 5) is 5.06. The molecule has 0 radical (unpaired) electrons. The Morgan fingerprint density at radius 1 is 0.392 bits per heavy atom. The normalized spacial score (nSPS) is 12.9. The Labute approximate surface area is 463 Å². The molecule has 0 saturated carbocycles. The third-order valence-electron chi connectivity index (χ3n) is 16.8. The van der Waals surface area contributed by atoms with E-state index in [4.69, 9.17) is 0 Å². The molecule has 12 aromatic carbocycles. The molecule has 6 bridgehead atoms. The molecule has 0 aliphatic carbocycles. The van der Waals surface area contributed by atoms with Crippen LogP contribution in [0.5, 0.6) is 0 Å². The van der Waals surface area contributed by atoms with Crippen LogP contribution in [0, 0.1) is 50.4 Å². The lowest BCUT2D eigenvalue weighted by atomic mass is 9.80. The van der Waals surface area contributed by atoms with E-state index in [2.05, 4.69) is 265 Å². The molecule has 0 spiro atoms. The minimum absolute atomic E-state index is 0.191. The molecule has 1 heterocycles. The van der Waals surface area contributed by atoms with Gasteiger partial charge < -0.3 is 9.80 Å². The van der Waals surface area contributed by atoms with E-state index in [9.17, 15) is 10.5 Å². The largest absolute Gasteiger partial charge is 0.309 e. The van der Waals surface area contributed by atoms with Crippen LogP contribution in [0.4, 0.5) is 34.1 Å². The average Bonchev–Trinajstić information content (AvgIpc) is 3.48. The predicted octanol–water partition coefficient (Wildman–Crippen LogP) is 20.8. The van der Waals surface area contributed by atoms with Crippen LogP contribution in [0.15, 0.2) is 212 Å². The summed E-state index contributed by atoms with van der Waals surface area (Å²) in [5.41, 5.74) is 24.6. The lowest BCUT2D eigenvalue weighted by Gasteiger charge is -2.34. The summed E-state index contributed by atoms with van der Waals surface area (Å²) in [5, 5.41) is 28.0. The van der Waals surface area contributed by atoms with E-state index in [1.54, 1.807) is 0 Å². The molecule has 0 saturated heterocycles. The smallest absolute Gasteiger partial charge is 0.0994 e. The quantitative estimate of drug-likeness (QED) is 0.142. The highest BCUT2D eigenvalue weighted by Crippen LogP contribution is 2.54. The number of nitriles is 2. The molecule has 0 N–H and O–H groups in total. The summed E-state index contributed by atoms with van der Waals surface area (Å²) < 4.78 is 0. The molecule has 13 rings (SSSR count). The highest BCUT2D eigenvalue weighted by Gasteiger charge is 2.30. The Kier molecular flexibility index (Phi) is 12.0. The average molecular weight is 1020 g/mol. The van der Waals surface area contributed by atoms with Crippen molar-refractivity contribution in [2.75, 3.05) is 9.80 Å². The number of hydrogen-bond donors (Lipinski definition) is 0. The van der Waals surface area contributed by atoms with Gasteiger partial charge >= 0.3 is 0 Å². The van der Waals surface area contributed by atoms with Crippen molar-refractivity contribution in [1.82, 2.24) is 0 Å². The van der Waals surface area contributed by atoms with Crippen molar-refractivity contribution < 1.29 is 0 Å². The maximum Gasteiger partial charge on any atom is 0.0994 e. The molecule has 4 nitrogen and oxygen atoms in total. The van der Waals surface area contributed by atoms with E-state index in [0.717, 1.165) is 106 Å². The standard InChI is InChI=1S/C75H58N4/c1-45(2)65-41-72-63-35-33-62-67(50(7)66-36-55(30-31-60(66)44-77)59-27-21-49(6)71(40-59)78(72)68-37-56(24-18-46(68)3)52-14-10-8-11-15-52)42-73(64-34-32-61(65)74(63)75(62)64)79(69-38-57(25-19-47(69)4)53-16-12-9-13-17-53)70-39-58(26-20-48(70)5)54-28-22-51(43-76)23-29-54/h8-42,45,50H,1-7H3. The van der Waals surface area contributed by atoms with Gasteiger partial charge in [0.25, 0.3) is 0 Å². The van der Waals surface area contributed by atoms with E-state index >= 15 is 0 Å². The molecule has 378 valence electrons. The third kappa shape index (κ3) is 8.19. The topological polar surface area (TPSA) is 54.1 Å². The highest BCUT2D eigenvalue weighted by molar-refractivity contribution is 6.29. The minimum atomic E-state index is -0.195. The lowest BCUT2D eigenvalue weighted by Crippen LogP contribution is -2.16. The Balaban J connectivity index is 1.20. The number of fused-ring (bicyclic) bond motifs is 6. The van der Waals surface area contributed by atoms with E-state index in [1.807, 2.05) is 18.2 Å². The second kappa shape index (κ2) is 19.4. The van der Waals surface area contributed by atoms with E-state index < -0.39 is 0 Å². The zero-order valence-electron chi connectivity index (χ0n) is 45.7. The molecular formula is C75H58N4. The van der Waals surface area contributed by atoms with Crippen molar-refractivity contribution in [2.24, 2.45) is 0 Å². The molecule has 1 atom stereocenters. The summed E-state index contributed by atoms with van der Waals surface area (Å²) in [5.74, 6) is -0.00375. The van der Waals surface area contributed by atoms with Gasteiger partial charge in [-0.1, -0.05) is 172 Å². The van der Waals surface area contributed by atoms with Crippen LogP contribution < -0.4 is 9.80 Å². The molecule has 1 unspecified atom stereocenters. The zero-order chi connectivity index (χ0) is 54.2. The Morgan fingerprint density at radius 2 is 0.861 bits per heavy atom. The van der Waals surface area contributed by atoms with Crippen molar-refractivity contribution in [3.8, 4) is 56.6 Å². The first-order valence-electron chi connectivity index (χ1n) is 27.4. The number of nitrogens with zero attached hydrogens (tertiary/aromatic N) is 4. The Morgan fingerprint density at radius 3 is 1.43 bits per heavy atom. The van der Waals surface area contributed by atoms with Crippen molar-refractivity contribution in [3.05, 3.63) is 262 Å². The van der Waals surface area contributed by atoms with Crippen LogP contribution in [0.1, 0.15) is 82.7 Å². The summed E-state index contributed by atoms with van der Waals surface area (Å²) in [6.45, 7) is 15.9. The number of aryl methyl sites for hydroxylation is 4. The van der Waals surface area contributed by atoms with Crippen LogP contribution in [0.3, 0.4) is 0 Å². The molecule has 0 aromatic heterocycles. The minimum Gasteiger partial charge on any atom is -0.309 e. The van der Waals surface area contributed by atoms with Crippen LogP contribution in [-0.4, -0.2) is 0 Å². The summed E-state index contributed by atoms with van der Waals surface area (Å²) in [6.07, 6.45) is 0. The fraction of sp³-hybridized carbons (Fsp3) is 0.120. The maximum atomic E-state index is 11.1. The number of benzene rings is 12. The van der Waals surface area contributed by atoms with Gasteiger partial charge in [0.05, 0.1) is 34.6 Å². The van der Waals surface area contributed by atoms with E-state index in [1.165, 1.54) is 43.6 Å². The second-order valence-electron chi connectivity index (χ2n) is 21.9. The highest BCUT2D eigenvalue weighted by atomic mass is 15.2. The van der Waals surface area contributed by atoms with Gasteiger partial charge in [-0.3, -0.25) is 0 Å². The van der Waals surface area contributed by atoms with Crippen LogP contribution >= 0.6 is 0 Å². The van der Waals surface area contributed by atoms with Gasteiger partial charge in [-0.15, -0.1) is 0 Å². The molecular weight excluding hydrogens is 957 g/mol. The molecule has 1 aliphatic heterocycles. The summed E-state index contributed by atoms with van der Waals surface area (Å²) >= 11 is 0. The summed E-state index contributed by atoms with van der Waals surface area (Å²) in [7, 11) is 0. The predicted molar refractivity (Wildman–Crippen MR) is 331 cm³/mol. The van der Waals surface area contributed by atoms with Crippen LogP contribution in [0.2, 0.25) is 0 Å². The van der Waals surface area contributed by atoms with Crippen molar-refractivity contribution in [1.29, 1.82) is 10.5 Å². The molecule has 79 heavy (non-hydrogen) atoms. The Hall–Kier alpha value is -9.74. The first-order valence-corrected chi connectivity index (χ1v) is 27.4. The van der Waals surface area contributed by atoms with Gasteiger partial charge in [-0.05, 0) is 199 Å². The van der Waals surface area contributed by atoms with Crippen molar-refractivity contribution in [2.45, 2.75) is 60.3 Å². The van der Waals surface area contributed by atoms with Gasteiger partial charge in [0, 0.05) is 39.4 Å². The van der Waals surface area contributed by atoms with Gasteiger partial charge in [-0.25, -0.2) is 0 Å². The van der Waals surface area contributed by atoms with Crippen LogP contribution in [0.25, 0.3) is 76.8 Å². The fourth-order valence-electron chi connectivity index (χ4n) is 12.5. The fourth-order valence-corrected chi connectivity index (χ4v) is 12.5. The van der Waals surface area contributed by atoms with E-state index in [0.29, 0.717) is 11.1 Å². The first kappa shape index (κ1) is 48.9. The SMILES string of the molecule is Cc1ccc(-c2ccccc2)cc1N1c2cc(ccc2C)-c2ccc(C#N)c(c2)C(C)c2cc(N(c3cc(-c4ccccc4)ccc3C)c3cc(-c4ccc(C#N)cc4)ccc3C)c3ccc4c(C(C)C)cc1c1ccc2c3c41. The molecule has 12 aromatic rings. The Bertz CT molecular complexity index is 4480. The number of anilines is 6. The summed E-state index contributed by atoms with van der Waals surface area (Å²) in [6, 6.07) is 82.5. The number of hydrogen-bond acceptors (Lipinski definition) is 4. The number of rotatable bonds is 8. The lowest BCUT2D eigenvalue weighted by molar-refractivity contribution is 0.876. The van der Waals surface area contributed by atoms with Crippen molar-refractivity contribution in [3.63, 3.8) is 0 Å². The third-order valence-corrected chi connectivity index (χ3v) is 16.8. The molecule has 0 amide bonds. The molecule has 4 heteroatoms. The maximum absolute atomic E-state index is 11.1. The second-order valence-corrected chi connectivity index (χ2v) is 21.9. The molecule has 1 aliphatic rings. The monoisotopic (exact) mass is 1010 g/mol. The van der Waals surface area contributed by atoms with Gasteiger partial charge in [0.1, 0.15) is 0 Å². The van der Waals surface area contributed by atoms with Crippen molar-refractivity contribution >= 4 is 66.4 Å². The van der Waals surface area contributed by atoms with E-state index in [-0.39, 0.29) is 11.8 Å². The van der Waals surface area contributed by atoms with Crippen LogP contribution in [-0.2, 0) is 0 Å². The zero-order valence-corrected chi connectivity index (χ0v) is 45.7. The van der Waals surface area contributed by atoms with Gasteiger partial charge in [-0.2, -0.15) is 10.5 Å². The van der Waals surface area contributed by atoms with Gasteiger partial charge in [0.2, 0.25) is 0 Å². The first-order chi connectivity index (χ1) is 38.5. The molecule has 0 fully saturated rings. The van der Waals surface area contributed by atoms with Gasteiger partial charge in [0.15, 0.2) is 0 Å².